The third-order valence-corrected chi connectivity index (χ3v) is 7.15. The highest BCUT2D eigenvalue weighted by Gasteiger charge is 2.44. The minimum atomic E-state index is -4.79. The standard InChI is InChI=1S/C29H21F5N4O6/c1-37(17-8-9-20-22(14-17)44-29(33,34)43-20)26(39)15-4-2-5-18(12-15)38-24-19(25(36-38)28(30,31)32)6-3-7-21(24)42-23-13-16(27(40)41)10-11-35-23/h2,4-5,8-14,21H,3,6-7H2,1H3,(H,40,41)/t21-/m0/s1. The van der Waals surface area contributed by atoms with Crippen LogP contribution < -0.4 is 19.1 Å². The van der Waals surface area contributed by atoms with E-state index in [1.165, 1.54) is 67.8 Å². The van der Waals surface area contributed by atoms with Crippen LogP contribution in [0.15, 0.2) is 60.8 Å². The Morgan fingerprint density at radius 3 is 2.59 bits per heavy atom. The third kappa shape index (κ3) is 5.36. The summed E-state index contributed by atoms with van der Waals surface area (Å²) in [6.07, 6.45) is -7.67. The quantitative estimate of drug-likeness (QED) is 0.261. The van der Waals surface area contributed by atoms with Crippen LogP contribution >= 0.6 is 0 Å². The molecular formula is C29H21F5N4O6. The number of rotatable bonds is 6. The number of carboxylic acids is 1. The maximum Gasteiger partial charge on any atom is 0.586 e. The Hall–Kier alpha value is -5.21. The molecule has 2 aromatic heterocycles. The van der Waals surface area contributed by atoms with Gasteiger partial charge in [0.1, 0.15) is 6.10 Å². The van der Waals surface area contributed by atoms with Gasteiger partial charge in [-0.1, -0.05) is 6.07 Å². The third-order valence-electron chi connectivity index (χ3n) is 7.15. The summed E-state index contributed by atoms with van der Waals surface area (Å²) in [5, 5.41) is 13.2. The van der Waals surface area contributed by atoms with Gasteiger partial charge in [0, 0.05) is 42.2 Å². The van der Waals surface area contributed by atoms with E-state index in [2.05, 4.69) is 19.6 Å². The van der Waals surface area contributed by atoms with Crippen molar-refractivity contribution in [2.24, 2.45) is 0 Å². The first kappa shape index (κ1) is 28.9. The first-order chi connectivity index (χ1) is 20.8. The lowest BCUT2D eigenvalue weighted by molar-refractivity contribution is -0.286. The zero-order valence-electron chi connectivity index (χ0n) is 22.6. The van der Waals surface area contributed by atoms with Crippen LogP contribution in [0.1, 0.15) is 56.6 Å². The Morgan fingerprint density at radius 1 is 1.07 bits per heavy atom. The Morgan fingerprint density at radius 2 is 1.84 bits per heavy atom. The minimum Gasteiger partial charge on any atom is -0.478 e. The molecule has 6 rings (SSSR count). The van der Waals surface area contributed by atoms with Crippen LogP contribution in [0.5, 0.6) is 17.4 Å². The molecule has 15 heteroatoms. The van der Waals surface area contributed by atoms with Crippen molar-refractivity contribution < 1.29 is 50.9 Å². The maximum absolute atomic E-state index is 14.1. The average molecular weight is 616 g/mol. The number of aromatic nitrogens is 3. The fourth-order valence-electron chi connectivity index (χ4n) is 5.16. The van der Waals surface area contributed by atoms with E-state index >= 15 is 0 Å². The zero-order chi connectivity index (χ0) is 31.4. The van der Waals surface area contributed by atoms with Crippen LogP contribution in [0.25, 0.3) is 5.69 Å². The number of amides is 1. The van der Waals surface area contributed by atoms with Crippen molar-refractivity contribution in [2.45, 2.75) is 37.8 Å². The summed E-state index contributed by atoms with van der Waals surface area (Å²) in [5.74, 6) is -2.38. The lowest BCUT2D eigenvalue weighted by atomic mass is 9.93. The molecule has 228 valence electrons. The number of carboxylic acid groups (broad SMARTS) is 1. The molecule has 44 heavy (non-hydrogen) atoms. The Bertz CT molecular complexity index is 1790. The van der Waals surface area contributed by atoms with Crippen molar-refractivity contribution in [3.63, 3.8) is 0 Å². The van der Waals surface area contributed by atoms with Gasteiger partial charge in [-0.05, 0) is 55.7 Å². The van der Waals surface area contributed by atoms with Crippen LogP contribution in [-0.2, 0) is 12.6 Å². The van der Waals surface area contributed by atoms with E-state index in [9.17, 15) is 36.6 Å². The summed E-state index contributed by atoms with van der Waals surface area (Å²) >= 11 is 0. The number of carbonyl (C=O) groups excluding carboxylic acids is 1. The lowest BCUT2D eigenvalue weighted by Crippen LogP contribution is -2.26. The maximum atomic E-state index is 14.1. The van der Waals surface area contributed by atoms with E-state index in [1.807, 2.05) is 0 Å². The highest BCUT2D eigenvalue weighted by molar-refractivity contribution is 6.06. The normalized spacial score (nSPS) is 16.7. The number of fused-ring (bicyclic) bond motifs is 2. The zero-order valence-corrected chi connectivity index (χ0v) is 22.6. The Labute approximate surface area is 245 Å². The predicted octanol–water partition coefficient (Wildman–Crippen LogP) is 6.04. The number of pyridine rings is 1. The first-order valence-electron chi connectivity index (χ1n) is 13.1. The molecule has 1 aliphatic heterocycles. The van der Waals surface area contributed by atoms with Crippen molar-refractivity contribution in [3.8, 4) is 23.1 Å². The van der Waals surface area contributed by atoms with E-state index in [0.29, 0.717) is 12.8 Å². The first-order valence-corrected chi connectivity index (χ1v) is 13.1. The van der Waals surface area contributed by atoms with Crippen LogP contribution in [0.3, 0.4) is 0 Å². The molecule has 1 N–H and O–H groups in total. The van der Waals surface area contributed by atoms with Gasteiger partial charge in [-0.15, -0.1) is 8.78 Å². The molecule has 0 bridgehead atoms. The number of anilines is 1. The van der Waals surface area contributed by atoms with Crippen molar-refractivity contribution >= 4 is 17.6 Å². The number of hydrogen-bond donors (Lipinski definition) is 1. The largest absolute Gasteiger partial charge is 0.586 e. The Balaban J connectivity index is 1.36. The van der Waals surface area contributed by atoms with Gasteiger partial charge in [-0.2, -0.15) is 18.3 Å². The summed E-state index contributed by atoms with van der Waals surface area (Å²) in [6.45, 7) is 0. The molecule has 0 unspecified atom stereocenters. The van der Waals surface area contributed by atoms with Crippen molar-refractivity contribution in [2.75, 3.05) is 11.9 Å². The molecule has 2 aromatic carbocycles. The van der Waals surface area contributed by atoms with E-state index in [0.717, 1.165) is 9.58 Å². The average Bonchev–Trinajstić information content (AvgIpc) is 3.53. The fourth-order valence-corrected chi connectivity index (χ4v) is 5.16. The van der Waals surface area contributed by atoms with Crippen molar-refractivity contribution in [1.82, 2.24) is 14.8 Å². The summed E-state index contributed by atoms with van der Waals surface area (Å²) < 4.78 is 85.1. The number of aromatic carboxylic acids is 1. The second kappa shape index (κ2) is 10.5. The van der Waals surface area contributed by atoms with E-state index in [-0.39, 0.29) is 57.6 Å². The molecule has 0 saturated carbocycles. The molecular weight excluding hydrogens is 595 g/mol. The van der Waals surface area contributed by atoms with Gasteiger partial charge >= 0.3 is 18.4 Å². The fraction of sp³-hybridized carbons (Fsp3) is 0.241. The van der Waals surface area contributed by atoms with Crippen molar-refractivity contribution in [1.29, 1.82) is 0 Å². The molecule has 0 fully saturated rings. The van der Waals surface area contributed by atoms with E-state index in [4.69, 9.17) is 4.74 Å². The Kier molecular flexibility index (Phi) is 6.89. The lowest BCUT2D eigenvalue weighted by Gasteiger charge is -2.25. The molecule has 10 nitrogen and oxygen atoms in total. The second-order valence-corrected chi connectivity index (χ2v) is 10.0. The topological polar surface area (TPSA) is 116 Å². The van der Waals surface area contributed by atoms with Crippen molar-refractivity contribution in [3.05, 3.63) is 88.9 Å². The number of halogens is 5. The van der Waals surface area contributed by atoms with Crippen LogP contribution in [0.4, 0.5) is 27.6 Å². The smallest absolute Gasteiger partial charge is 0.478 e. The van der Waals surface area contributed by atoms with Gasteiger partial charge in [0.2, 0.25) is 5.88 Å². The molecule has 0 radical (unpaired) electrons. The SMILES string of the molecule is CN(C(=O)c1cccc(-n2nc(C(F)(F)F)c3c2[C@@H](Oc2cc(C(=O)O)ccn2)CCC3)c1)c1ccc2c(c1)OC(F)(F)O2. The number of ether oxygens (including phenoxy) is 3. The molecule has 4 aromatic rings. The molecule has 1 aliphatic carbocycles. The number of benzene rings is 2. The molecule has 2 aliphatic rings. The predicted molar refractivity (Wildman–Crippen MR) is 141 cm³/mol. The van der Waals surface area contributed by atoms with Gasteiger partial charge < -0.3 is 24.2 Å². The molecule has 0 spiro atoms. The summed E-state index contributed by atoms with van der Waals surface area (Å²) in [7, 11) is 1.39. The number of hydrogen-bond acceptors (Lipinski definition) is 7. The molecule has 3 heterocycles. The molecule has 1 atom stereocenters. The van der Waals surface area contributed by atoms with E-state index < -0.39 is 36.1 Å². The number of carbonyl (C=O) groups is 2. The highest BCUT2D eigenvalue weighted by Crippen LogP contribution is 2.44. The van der Waals surface area contributed by atoms with Gasteiger partial charge in [-0.25, -0.2) is 14.5 Å². The monoisotopic (exact) mass is 616 g/mol. The summed E-state index contributed by atoms with van der Waals surface area (Å²) in [6, 6.07) is 12.0. The number of alkyl halides is 5. The van der Waals surface area contributed by atoms with Gasteiger partial charge in [0.15, 0.2) is 17.2 Å². The van der Waals surface area contributed by atoms with Gasteiger partial charge in [0.25, 0.3) is 5.91 Å². The molecule has 0 saturated heterocycles. The van der Waals surface area contributed by atoms with Crippen LogP contribution in [0.2, 0.25) is 0 Å². The molecule has 1 amide bonds. The minimum absolute atomic E-state index is 0.0647. The van der Waals surface area contributed by atoms with Crippen LogP contribution in [-0.4, -0.2) is 45.1 Å². The second-order valence-electron chi connectivity index (χ2n) is 10.0. The summed E-state index contributed by atoms with van der Waals surface area (Å²) in [4.78, 5) is 30.0. The van der Waals surface area contributed by atoms with Crippen LogP contribution in [0, 0.1) is 0 Å². The van der Waals surface area contributed by atoms with Gasteiger partial charge in [0.05, 0.1) is 16.9 Å². The summed E-state index contributed by atoms with van der Waals surface area (Å²) in [5.41, 5.74) is -0.796. The number of nitrogens with zero attached hydrogens (tertiary/aromatic N) is 4. The van der Waals surface area contributed by atoms with E-state index in [1.54, 1.807) is 0 Å². The van der Waals surface area contributed by atoms with Gasteiger partial charge in [-0.3, -0.25) is 4.79 Å². The highest BCUT2D eigenvalue weighted by atomic mass is 19.4.